The van der Waals surface area contributed by atoms with Crippen LogP contribution in [0.1, 0.15) is 25.0 Å². The minimum absolute atomic E-state index is 0.137. The first kappa shape index (κ1) is 30.7. The number of phenolic OH excluding ortho intramolecular Hbond substituents is 2. The molecule has 16 heteroatoms. The van der Waals surface area contributed by atoms with Gasteiger partial charge in [0.25, 0.3) is 16.0 Å². The summed E-state index contributed by atoms with van der Waals surface area (Å²) in [6.07, 6.45) is 1.48. The maximum atomic E-state index is 11.3. The number of benzene rings is 4. The van der Waals surface area contributed by atoms with Crippen LogP contribution in [0.3, 0.4) is 0 Å². The summed E-state index contributed by atoms with van der Waals surface area (Å²) in [6, 6.07) is 12.6. The Morgan fingerprint density at radius 2 is 1.12 bits per heavy atom. The van der Waals surface area contributed by atoms with Crippen molar-refractivity contribution in [1.82, 2.24) is 0 Å². The monoisotopic (exact) mass is 578 g/mol. The van der Waals surface area contributed by atoms with Crippen molar-refractivity contribution in [3.8, 4) is 11.5 Å². The topological polar surface area (TPSA) is 204 Å². The van der Waals surface area contributed by atoms with Gasteiger partial charge in [0, 0.05) is 10.8 Å². The molecule has 0 amide bonds. The van der Waals surface area contributed by atoms with E-state index in [1.807, 2.05) is 19.9 Å². The quantitative estimate of drug-likeness (QED) is 0.191. The number of fused-ring (bicyclic) bond motifs is 2. The first-order chi connectivity index (χ1) is 18.8. The van der Waals surface area contributed by atoms with Crippen molar-refractivity contribution in [2.75, 3.05) is 0 Å². The molecule has 0 aliphatic heterocycles. The van der Waals surface area contributed by atoms with E-state index in [4.69, 9.17) is 16.0 Å². The highest BCUT2D eigenvalue weighted by Gasteiger charge is 2.18. The third-order valence-electron chi connectivity index (χ3n) is 5.90. The number of aromatic hydroxyl groups is 2. The smallest absolute Gasteiger partial charge is 0.293 e. The van der Waals surface area contributed by atoms with Crippen molar-refractivity contribution < 1.29 is 36.2 Å². The van der Waals surface area contributed by atoms with Gasteiger partial charge < -0.3 is 19.3 Å². The van der Waals surface area contributed by atoms with Crippen LogP contribution in [0.2, 0.25) is 0 Å². The third kappa shape index (κ3) is 6.47. The van der Waals surface area contributed by atoms with Crippen LogP contribution in [-0.2, 0) is 33.1 Å². The summed E-state index contributed by atoms with van der Waals surface area (Å²) in [7, 11) is 0.201. The lowest BCUT2D eigenvalue weighted by atomic mass is 10.0. The van der Waals surface area contributed by atoms with Gasteiger partial charge in [-0.25, -0.2) is 16.8 Å². The van der Waals surface area contributed by atoms with Crippen LogP contribution in [0, 0.1) is 0 Å². The molecular formula is C24H20B2N4O8S2-2. The van der Waals surface area contributed by atoms with Gasteiger partial charge in [-0.2, -0.15) is 10.2 Å². The summed E-state index contributed by atoms with van der Waals surface area (Å²) >= 11 is 0. The van der Waals surface area contributed by atoms with E-state index >= 15 is 0 Å². The van der Waals surface area contributed by atoms with Gasteiger partial charge in [0.1, 0.15) is 31.6 Å². The first-order valence-corrected chi connectivity index (χ1v) is 14.3. The fourth-order valence-electron chi connectivity index (χ4n) is 3.94. The maximum absolute atomic E-state index is 11.3. The molecule has 0 aromatic heterocycles. The van der Waals surface area contributed by atoms with Crippen molar-refractivity contribution >= 4 is 69.1 Å². The summed E-state index contributed by atoms with van der Waals surface area (Å²) in [6.45, 7) is 3.87. The lowest BCUT2D eigenvalue weighted by Crippen LogP contribution is -1.99. The van der Waals surface area contributed by atoms with Gasteiger partial charge in [-0.15, -0.1) is 0 Å². The lowest BCUT2D eigenvalue weighted by Gasteiger charge is -2.13. The van der Waals surface area contributed by atoms with E-state index in [1.54, 1.807) is 30.3 Å². The van der Waals surface area contributed by atoms with Gasteiger partial charge in [-0.3, -0.25) is 10.1 Å². The highest BCUT2D eigenvalue weighted by Crippen LogP contribution is 2.42. The molecule has 0 aliphatic carbocycles. The lowest BCUT2D eigenvalue weighted by molar-refractivity contribution is 0.436. The van der Waals surface area contributed by atoms with Crippen molar-refractivity contribution in [3.05, 3.63) is 59.7 Å². The molecule has 0 spiro atoms. The normalized spacial score (nSPS) is 12.3. The first-order valence-electron chi connectivity index (χ1n) is 11.5. The van der Waals surface area contributed by atoms with E-state index in [2.05, 4.69) is 20.3 Å². The second kappa shape index (κ2) is 12.1. The number of nitrogens with zero attached hydrogens (tertiary/aromatic N) is 4. The fraction of sp³-hybridized carbons (Fsp3) is 0.167. The largest absolute Gasteiger partial charge is 0.744 e. The standard InChI is InChI=1S/2C12H11BN2O4S/c1-2-7-3-4-9-8(5-7)6-10(20(17,18)19)11(12(9)16)14-15-13;1-2-7-3-4-9-8(5-7)6-10(20(17,18)19)12(16)11(9)14-15-13/h2*3-6,16H,2H2,1H3,(H,17,18,19)/p-2. The van der Waals surface area contributed by atoms with Gasteiger partial charge in [-0.1, -0.05) is 50.2 Å². The van der Waals surface area contributed by atoms with Gasteiger partial charge >= 0.3 is 0 Å². The van der Waals surface area contributed by atoms with Crippen LogP contribution in [0.25, 0.3) is 21.5 Å². The summed E-state index contributed by atoms with van der Waals surface area (Å²) in [5.74, 6) is -1.18. The predicted octanol–water partition coefficient (Wildman–Crippen LogP) is 4.36. The van der Waals surface area contributed by atoms with E-state index in [9.17, 15) is 36.2 Å². The molecule has 2 N–H and O–H groups in total. The SMILES string of the molecule is [B]N=Nc1c(O)c(S(=O)(=O)[O-])cc2cc(CC)ccc12.[B]N=Nc1c(S(=O)(=O)[O-])cc2cc(CC)ccc2c1O. The Morgan fingerprint density at radius 1 is 0.675 bits per heavy atom. The molecule has 12 nitrogen and oxygen atoms in total. The van der Waals surface area contributed by atoms with E-state index in [0.29, 0.717) is 21.5 Å². The Labute approximate surface area is 232 Å². The second-order valence-corrected chi connectivity index (χ2v) is 11.0. The molecule has 0 atom stereocenters. The zero-order valence-corrected chi connectivity index (χ0v) is 22.8. The highest BCUT2D eigenvalue weighted by atomic mass is 32.2. The average molecular weight is 578 g/mol. The summed E-state index contributed by atoms with van der Waals surface area (Å²) in [5, 5.41) is 34.6. The molecular weight excluding hydrogens is 558 g/mol. The van der Waals surface area contributed by atoms with Crippen LogP contribution in [0.4, 0.5) is 11.4 Å². The summed E-state index contributed by atoms with van der Waals surface area (Å²) in [5.41, 5.74) is 1.31. The van der Waals surface area contributed by atoms with Gasteiger partial charge in [0.2, 0.25) is 0 Å². The van der Waals surface area contributed by atoms with E-state index < -0.39 is 47.2 Å². The molecule has 0 aliphatic rings. The van der Waals surface area contributed by atoms with Crippen molar-refractivity contribution in [2.24, 2.45) is 20.3 Å². The molecule has 204 valence electrons. The Morgan fingerprint density at radius 3 is 1.60 bits per heavy atom. The number of rotatable bonds is 6. The van der Waals surface area contributed by atoms with Gasteiger partial charge in [0.15, 0.2) is 11.5 Å². The van der Waals surface area contributed by atoms with Crippen LogP contribution >= 0.6 is 0 Å². The van der Waals surface area contributed by atoms with Crippen molar-refractivity contribution in [2.45, 2.75) is 36.5 Å². The molecule has 4 radical (unpaired) electrons. The van der Waals surface area contributed by atoms with E-state index in [1.165, 1.54) is 6.07 Å². The van der Waals surface area contributed by atoms with E-state index in [-0.39, 0.29) is 5.69 Å². The van der Waals surface area contributed by atoms with Crippen molar-refractivity contribution in [3.63, 3.8) is 0 Å². The van der Waals surface area contributed by atoms with Crippen LogP contribution in [-0.4, -0.2) is 52.1 Å². The Balaban J connectivity index is 0.000000220. The van der Waals surface area contributed by atoms with Crippen LogP contribution in [0.5, 0.6) is 11.5 Å². The molecule has 0 unspecified atom stereocenters. The molecule has 0 bridgehead atoms. The fourth-order valence-corrected chi connectivity index (χ4v) is 5.19. The van der Waals surface area contributed by atoms with Gasteiger partial charge in [0.05, 0.1) is 9.79 Å². The van der Waals surface area contributed by atoms with Crippen molar-refractivity contribution in [1.29, 1.82) is 0 Å². The maximum Gasteiger partial charge on any atom is 0.293 e. The predicted molar refractivity (Wildman–Crippen MR) is 146 cm³/mol. The molecule has 0 fully saturated rings. The molecule has 4 aromatic carbocycles. The molecule has 0 saturated heterocycles. The summed E-state index contributed by atoms with van der Waals surface area (Å²) < 4.78 is 67.4. The molecule has 4 rings (SSSR count). The molecule has 0 heterocycles. The molecule has 40 heavy (non-hydrogen) atoms. The minimum Gasteiger partial charge on any atom is -0.744 e. The van der Waals surface area contributed by atoms with E-state index in [0.717, 1.165) is 30.0 Å². The zero-order chi connectivity index (χ0) is 29.8. The molecule has 4 aromatic rings. The van der Waals surface area contributed by atoms with Crippen LogP contribution < -0.4 is 0 Å². The zero-order valence-electron chi connectivity index (χ0n) is 21.1. The number of hydrogen-bond donors (Lipinski definition) is 2. The van der Waals surface area contributed by atoms with Gasteiger partial charge in [-0.05, 0) is 46.9 Å². The summed E-state index contributed by atoms with van der Waals surface area (Å²) in [4.78, 5) is -1.38. The second-order valence-electron chi connectivity index (χ2n) is 8.30. The molecule has 0 saturated carbocycles. The third-order valence-corrected chi connectivity index (χ3v) is 7.60. The average Bonchev–Trinajstić information content (AvgIpc) is 2.90. The van der Waals surface area contributed by atoms with Crippen LogP contribution in [0.15, 0.2) is 78.6 Å². The minimum atomic E-state index is -4.83. The number of phenols is 2. The number of aryl methyl sites for hydroxylation is 2. The Bertz CT molecular complexity index is 1880. The highest BCUT2D eigenvalue weighted by molar-refractivity contribution is 7.86. The number of hydrogen-bond acceptors (Lipinski definition) is 12. The Hall–Kier alpha value is -3.85. The Kier molecular flexibility index (Phi) is 9.30.